The molecule has 4 nitrogen and oxygen atoms in total. The molecule has 1 saturated heterocycles. The molecule has 1 aromatic heterocycles. The highest BCUT2D eigenvalue weighted by Crippen LogP contribution is 2.40. The molecule has 0 saturated carbocycles. The number of fused-ring (bicyclic) bond motifs is 1. The van der Waals surface area contributed by atoms with E-state index in [0.717, 1.165) is 46.6 Å². The van der Waals surface area contributed by atoms with Crippen LogP contribution in [0.4, 0.5) is 0 Å². The fourth-order valence-electron chi connectivity index (χ4n) is 4.78. The summed E-state index contributed by atoms with van der Waals surface area (Å²) in [5, 5.41) is 1.02. The van der Waals surface area contributed by atoms with Crippen molar-refractivity contribution in [3.05, 3.63) is 54.6 Å². The molecule has 0 bridgehead atoms. The second-order valence-electron chi connectivity index (χ2n) is 10.9. The minimum absolute atomic E-state index is 0.0962. The molecule has 0 spiro atoms. The summed E-state index contributed by atoms with van der Waals surface area (Å²) < 4.78 is 12.2. The zero-order chi connectivity index (χ0) is 23.1. The van der Waals surface area contributed by atoms with Gasteiger partial charge in [-0.05, 0) is 38.3 Å². The molecule has 0 amide bonds. The van der Waals surface area contributed by atoms with Crippen LogP contribution in [0.3, 0.4) is 0 Å². The summed E-state index contributed by atoms with van der Waals surface area (Å²) in [7, 11) is 1.69. The maximum absolute atomic E-state index is 6.75. The summed E-state index contributed by atoms with van der Waals surface area (Å²) in [4.78, 5) is 7.54. The maximum Gasteiger partial charge on any atom is 0.131 e. The molecule has 0 N–H and O–H groups in total. The number of aromatic nitrogens is 1. The summed E-state index contributed by atoms with van der Waals surface area (Å²) in [5.74, 6) is 1.69. The monoisotopic (exact) mass is 432 g/mol. The Hall–Kier alpha value is -2.59. The number of likely N-dealkylation sites (tertiary alicyclic amines) is 1. The minimum atomic E-state index is 0.0962. The van der Waals surface area contributed by atoms with Crippen LogP contribution in [0.1, 0.15) is 48.0 Å². The fraction of sp³-hybridized carbons (Fsp3) is 0.464. The molecule has 1 fully saturated rings. The third-order valence-electron chi connectivity index (χ3n) is 6.47. The third kappa shape index (κ3) is 4.61. The van der Waals surface area contributed by atoms with E-state index in [2.05, 4.69) is 70.7 Å². The van der Waals surface area contributed by atoms with E-state index in [1.807, 2.05) is 30.3 Å². The molecular weight excluding hydrogens is 396 g/mol. The molecule has 4 rings (SSSR count). The van der Waals surface area contributed by atoms with Crippen molar-refractivity contribution in [3.8, 4) is 22.8 Å². The molecule has 2 atom stereocenters. The zero-order valence-corrected chi connectivity index (χ0v) is 20.5. The van der Waals surface area contributed by atoms with Gasteiger partial charge in [0.05, 0.1) is 18.3 Å². The van der Waals surface area contributed by atoms with E-state index in [0.29, 0.717) is 6.04 Å². The Morgan fingerprint density at radius 1 is 0.938 bits per heavy atom. The Morgan fingerprint density at radius 2 is 1.66 bits per heavy atom. The van der Waals surface area contributed by atoms with Crippen LogP contribution < -0.4 is 9.47 Å². The van der Waals surface area contributed by atoms with Gasteiger partial charge in [0.2, 0.25) is 0 Å². The van der Waals surface area contributed by atoms with Crippen molar-refractivity contribution >= 4 is 10.9 Å². The Morgan fingerprint density at radius 3 is 2.25 bits per heavy atom. The predicted octanol–water partition coefficient (Wildman–Crippen LogP) is 6.58. The van der Waals surface area contributed by atoms with E-state index >= 15 is 0 Å². The number of hydrogen-bond acceptors (Lipinski definition) is 4. The van der Waals surface area contributed by atoms with E-state index in [4.69, 9.17) is 14.5 Å². The van der Waals surface area contributed by atoms with Gasteiger partial charge < -0.3 is 9.47 Å². The number of rotatable bonds is 4. The minimum Gasteiger partial charge on any atom is -0.497 e. The molecule has 0 radical (unpaired) electrons. The van der Waals surface area contributed by atoms with Gasteiger partial charge in [-0.3, -0.25) is 4.90 Å². The van der Waals surface area contributed by atoms with Crippen LogP contribution in [0.25, 0.3) is 22.2 Å². The van der Waals surface area contributed by atoms with Gasteiger partial charge in [0.25, 0.3) is 0 Å². The van der Waals surface area contributed by atoms with Gasteiger partial charge in [-0.15, -0.1) is 0 Å². The van der Waals surface area contributed by atoms with Crippen LogP contribution in [0.15, 0.2) is 54.6 Å². The van der Waals surface area contributed by atoms with Crippen molar-refractivity contribution < 1.29 is 9.47 Å². The van der Waals surface area contributed by atoms with Gasteiger partial charge in [-0.2, -0.15) is 0 Å². The largest absolute Gasteiger partial charge is 0.497 e. The lowest BCUT2D eigenvalue weighted by atomic mass is 9.83. The third-order valence-corrected chi connectivity index (χ3v) is 6.47. The van der Waals surface area contributed by atoms with Crippen LogP contribution in [0.2, 0.25) is 0 Å². The number of nitrogens with zero attached hydrogens (tertiary/aromatic N) is 2. The smallest absolute Gasteiger partial charge is 0.131 e. The summed E-state index contributed by atoms with van der Waals surface area (Å²) in [6.45, 7) is 14.8. The second kappa shape index (κ2) is 8.40. The van der Waals surface area contributed by atoms with Crippen LogP contribution in [-0.4, -0.2) is 41.2 Å². The number of ether oxygens (including phenoxy) is 2. The number of benzene rings is 2. The summed E-state index contributed by atoms with van der Waals surface area (Å²) in [6.07, 6.45) is 1.15. The SMILES string of the molecule is COc1ccc2c(OC3CC(C(C)(C)C)N(C(C)(C)C)C3)cc(-c3ccccc3)nc2c1. The molecule has 32 heavy (non-hydrogen) atoms. The molecule has 2 aromatic carbocycles. The lowest BCUT2D eigenvalue weighted by Gasteiger charge is -2.42. The highest BCUT2D eigenvalue weighted by molar-refractivity contribution is 5.89. The molecule has 0 aliphatic carbocycles. The molecule has 1 aliphatic heterocycles. The summed E-state index contributed by atoms with van der Waals surface area (Å²) in [6, 6.07) is 18.9. The van der Waals surface area contributed by atoms with Crippen molar-refractivity contribution in [2.75, 3.05) is 13.7 Å². The molecular formula is C28H36N2O2. The second-order valence-corrected chi connectivity index (χ2v) is 10.9. The molecule has 3 aromatic rings. The van der Waals surface area contributed by atoms with Gasteiger partial charge in [-0.1, -0.05) is 51.1 Å². The number of pyridine rings is 1. The Balaban J connectivity index is 1.73. The average molecular weight is 433 g/mol. The Kier molecular flexibility index (Phi) is 5.93. The van der Waals surface area contributed by atoms with Gasteiger partial charge in [-0.25, -0.2) is 4.98 Å². The van der Waals surface area contributed by atoms with Crippen molar-refractivity contribution in [1.29, 1.82) is 0 Å². The van der Waals surface area contributed by atoms with Crippen molar-refractivity contribution in [2.24, 2.45) is 5.41 Å². The van der Waals surface area contributed by atoms with Gasteiger partial charge in [0.1, 0.15) is 17.6 Å². The van der Waals surface area contributed by atoms with Crippen LogP contribution in [0, 0.1) is 5.41 Å². The summed E-state index contributed by atoms with van der Waals surface area (Å²) >= 11 is 0. The first kappa shape index (κ1) is 22.6. The Bertz CT molecular complexity index is 1060. The predicted molar refractivity (Wildman–Crippen MR) is 132 cm³/mol. The molecule has 2 unspecified atom stereocenters. The standard InChI is InChI=1S/C28H36N2O2/c1-27(2,3)26-16-21(18-30(26)28(4,5)6)32-25-17-23(19-11-9-8-10-12-19)29-24-15-20(31-7)13-14-22(24)25/h8-15,17,21,26H,16,18H2,1-7H3. The number of hydrogen-bond donors (Lipinski definition) is 0. The zero-order valence-electron chi connectivity index (χ0n) is 20.5. The van der Waals surface area contributed by atoms with Crippen LogP contribution in [-0.2, 0) is 0 Å². The molecule has 2 heterocycles. The number of methoxy groups -OCH3 is 1. The van der Waals surface area contributed by atoms with Crippen molar-refractivity contribution in [2.45, 2.75) is 65.6 Å². The highest BCUT2D eigenvalue weighted by atomic mass is 16.5. The lowest BCUT2D eigenvalue weighted by Crippen LogP contribution is -2.49. The van der Waals surface area contributed by atoms with Crippen molar-refractivity contribution in [3.63, 3.8) is 0 Å². The van der Waals surface area contributed by atoms with E-state index in [1.54, 1.807) is 7.11 Å². The van der Waals surface area contributed by atoms with Crippen LogP contribution in [0.5, 0.6) is 11.5 Å². The first-order chi connectivity index (χ1) is 15.1. The summed E-state index contributed by atoms with van der Waals surface area (Å²) in [5.41, 5.74) is 3.17. The molecule has 4 heteroatoms. The average Bonchev–Trinajstić information content (AvgIpc) is 3.19. The topological polar surface area (TPSA) is 34.6 Å². The van der Waals surface area contributed by atoms with Crippen LogP contribution >= 0.6 is 0 Å². The lowest BCUT2D eigenvalue weighted by molar-refractivity contribution is 0.0559. The molecule has 1 aliphatic rings. The highest BCUT2D eigenvalue weighted by Gasteiger charge is 2.44. The Labute approximate surface area is 192 Å². The van der Waals surface area contributed by atoms with E-state index in [9.17, 15) is 0 Å². The van der Waals surface area contributed by atoms with Gasteiger partial charge >= 0.3 is 0 Å². The first-order valence-electron chi connectivity index (χ1n) is 11.5. The van der Waals surface area contributed by atoms with Gasteiger partial charge in [0, 0.05) is 47.6 Å². The maximum atomic E-state index is 6.75. The fourth-order valence-corrected chi connectivity index (χ4v) is 4.78. The quantitative estimate of drug-likeness (QED) is 0.466. The van der Waals surface area contributed by atoms with E-state index in [-0.39, 0.29) is 17.1 Å². The van der Waals surface area contributed by atoms with E-state index < -0.39 is 0 Å². The molecule has 170 valence electrons. The van der Waals surface area contributed by atoms with Gasteiger partial charge in [0.15, 0.2) is 0 Å². The van der Waals surface area contributed by atoms with Crippen molar-refractivity contribution in [1.82, 2.24) is 9.88 Å². The normalized spacial score (nSPS) is 20.0. The van der Waals surface area contributed by atoms with E-state index in [1.165, 1.54) is 0 Å². The first-order valence-corrected chi connectivity index (χ1v) is 11.5.